The number of rotatable bonds is 4. The SMILES string of the molecule is Cc1nc2c(c3cc(C(=O)NCc4ccncc4)ccc3n2-c2ccc(C(F)(F)F)s2)n1C. The molecule has 0 bridgehead atoms. The Bertz CT molecular complexity index is 1500. The summed E-state index contributed by atoms with van der Waals surface area (Å²) in [6.45, 7) is 2.19. The molecule has 0 atom stereocenters. The molecule has 0 spiro atoms. The fraction of sp³-hybridized carbons (Fsp3) is 0.174. The number of carbonyl (C=O) groups excluding carboxylic acids is 1. The number of carbonyl (C=O) groups is 1. The quantitative estimate of drug-likeness (QED) is 0.392. The second kappa shape index (κ2) is 7.73. The van der Waals surface area contributed by atoms with Crippen molar-refractivity contribution in [1.82, 2.24) is 24.4 Å². The number of pyridine rings is 1. The topological polar surface area (TPSA) is 64.7 Å². The van der Waals surface area contributed by atoms with Crippen LogP contribution in [0.2, 0.25) is 0 Å². The van der Waals surface area contributed by atoms with E-state index in [1.54, 1.807) is 35.2 Å². The lowest BCUT2D eigenvalue weighted by Crippen LogP contribution is -2.22. The van der Waals surface area contributed by atoms with Gasteiger partial charge >= 0.3 is 6.18 Å². The van der Waals surface area contributed by atoms with Crippen LogP contribution in [0.5, 0.6) is 0 Å². The number of nitrogens with one attached hydrogen (secondary N) is 1. The first kappa shape index (κ1) is 21.2. The Morgan fingerprint density at radius 1 is 1.12 bits per heavy atom. The minimum absolute atomic E-state index is 0.246. The number of fused-ring (bicyclic) bond motifs is 3. The van der Waals surface area contributed by atoms with Crippen LogP contribution in [0.25, 0.3) is 27.1 Å². The third-order valence-electron chi connectivity index (χ3n) is 5.56. The molecule has 5 aromatic rings. The average Bonchev–Trinajstić information content (AvgIpc) is 3.47. The molecule has 5 rings (SSSR count). The zero-order valence-corrected chi connectivity index (χ0v) is 18.5. The van der Waals surface area contributed by atoms with E-state index in [0.717, 1.165) is 28.4 Å². The molecule has 1 N–H and O–H groups in total. The lowest BCUT2D eigenvalue weighted by atomic mass is 10.1. The van der Waals surface area contributed by atoms with Gasteiger partial charge in [-0.25, -0.2) is 4.98 Å². The zero-order chi connectivity index (χ0) is 23.3. The number of benzene rings is 1. The van der Waals surface area contributed by atoms with E-state index in [9.17, 15) is 18.0 Å². The zero-order valence-electron chi connectivity index (χ0n) is 17.6. The smallest absolute Gasteiger partial charge is 0.348 e. The highest BCUT2D eigenvalue weighted by molar-refractivity contribution is 7.14. The molecule has 168 valence electrons. The largest absolute Gasteiger partial charge is 0.425 e. The Hall–Kier alpha value is -3.66. The van der Waals surface area contributed by atoms with Crippen LogP contribution in [-0.4, -0.2) is 25.0 Å². The lowest BCUT2D eigenvalue weighted by molar-refractivity contribution is -0.134. The molecule has 10 heteroatoms. The second-order valence-corrected chi connectivity index (χ2v) is 8.69. The van der Waals surface area contributed by atoms with E-state index in [1.807, 2.05) is 30.7 Å². The van der Waals surface area contributed by atoms with Gasteiger partial charge in [0.2, 0.25) is 0 Å². The van der Waals surface area contributed by atoms with E-state index >= 15 is 0 Å². The Morgan fingerprint density at radius 2 is 1.88 bits per heavy atom. The number of thiophene rings is 1. The molecule has 0 aliphatic heterocycles. The number of aromatic nitrogens is 4. The first-order valence-corrected chi connectivity index (χ1v) is 10.9. The summed E-state index contributed by atoms with van der Waals surface area (Å²) in [7, 11) is 1.85. The molecule has 0 radical (unpaired) electrons. The van der Waals surface area contributed by atoms with Crippen LogP contribution in [0.1, 0.15) is 26.6 Å². The summed E-state index contributed by atoms with van der Waals surface area (Å²) < 4.78 is 43.2. The molecule has 1 amide bonds. The van der Waals surface area contributed by atoms with Crippen LogP contribution < -0.4 is 5.32 Å². The van der Waals surface area contributed by atoms with Crippen molar-refractivity contribution in [3.63, 3.8) is 0 Å². The molecule has 4 heterocycles. The van der Waals surface area contributed by atoms with Gasteiger partial charge < -0.3 is 9.88 Å². The molecular formula is C23H18F3N5OS. The van der Waals surface area contributed by atoms with Crippen LogP contribution >= 0.6 is 11.3 Å². The van der Waals surface area contributed by atoms with Gasteiger partial charge in [-0.15, -0.1) is 11.3 Å². The van der Waals surface area contributed by atoms with Gasteiger partial charge in [-0.05, 0) is 55.0 Å². The van der Waals surface area contributed by atoms with Gasteiger partial charge in [-0.2, -0.15) is 13.2 Å². The van der Waals surface area contributed by atoms with Crippen molar-refractivity contribution < 1.29 is 18.0 Å². The van der Waals surface area contributed by atoms with E-state index in [4.69, 9.17) is 0 Å². The average molecular weight is 469 g/mol. The second-order valence-electron chi connectivity index (χ2n) is 7.63. The van der Waals surface area contributed by atoms with Gasteiger partial charge in [0.05, 0.1) is 11.0 Å². The van der Waals surface area contributed by atoms with Crippen molar-refractivity contribution >= 4 is 39.3 Å². The highest BCUT2D eigenvalue weighted by atomic mass is 32.1. The molecule has 0 saturated heterocycles. The summed E-state index contributed by atoms with van der Waals surface area (Å²) in [4.78, 5) is 20.7. The number of alkyl halides is 3. The third kappa shape index (κ3) is 3.66. The van der Waals surface area contributed by atoms with Crippen LogP contribution in [-0.2, 0) is 19.8 Å². The molecule has 6 nitrogen and oxygen atoms in total. The molecule has 33 heavy (non-hydrogen) atoms. The van der Waals surface area contributed by atoms with E-state index in [-0.39, 0.29) is 5.91 Å². The van der Waals surface area contributed by atoms with Gasteiger partial charge in [0.1, 0.15) is 15.7 Å². The van der Waals surface area contributed by atoms with Crippen LogP contribution in [0.4, 0.5) is 13.2 Å². The van der Waals surface area contributed by atoms with Crippen molar-refractivity contribution in [3.05, 3.63) is 76.7 Å². The molecule has 0 saturated carbocycles. The molecule has 4 aromatic heterocycles. The van der Waals surface area contributed by atoms with E-state index in [1.165, 1.54) is 6.07 Å². The third-order valence-corrected chi connectivity index (χ3v) is 6.68. The van der Waals surface area contributed by atoms with Crippen molar-refractivity contribution in [2.45, 2.75) is 19.6 Å². The van der Waals surface area contributed by atoms with E-state index < -0.39 is 11.1 Å². The van der Waals surface area contributed by atoms with Gasteiger partial charge in [-0.3, -0.25) is 14.3 Å². The monoisotopic (exact) mass is 469 g/mol. The number of halogens is 3. The standard InChI is InChI=1S/C23H18F3N5OS/c1-13-29-21-20(30(13)2)16-11-15(22(32)28-12-14-7-9-27-10-8-14)3-4-17(16)31(21)19-6-5-18(33-19)23(24,25)26/h3-11H,12H2,1-2H3,(H,28,32). The number of nitrogens with zero attached hydrogens (tertiary/aromatic N) is 4. The number of imidazole rings is 1. The number of amides is 1. The summed E-state index contributed by atoms with van der Waals surface area (Å²) >= 11 is 0.663. The summed E-state index contributed by atoms with van der Waals surface area (Å²) in [5, 5.41) is 4.04. The fourth-order valence-electron chi connectivity index (χ4n) is 3.83. The van der Waals surface area contributed by atoms with Crippen molar-refractivity contribution in [2.24, 2.45) is 7.05 Å². The minimum atomic E-state index is -4.41. The Balaban J connectivity index is 1.60. The van der Waals surface area contributed by atoms with Crippen molar-refractivity contribution in [2.75, 3.05) is 0 Å². The van der Waals surface area contributed by atoms with Crippen molar-refractivity contribution in [3.8, 4) is 5.00 Å². The maximum Gasteiger partial charge on any atom is 0.425 e. The van der Waals surface area contributed by atoms with Crippen LogP contribution in [0.15, 0.2) is 54.9 Å². The molecule has 1 aromatic carbocycles. The van der Waals surface area contributed by atoms with E-state index in [2.05, 4.69) is 15.3 Å². The molecule has 0 aliphatic rings. The summed E-state index contributed by atoms with van der Waals surface area (Å²) in [6.07, 6.45) is -1.09. The number of aryl methyl sites for hydroxylation is 2. The number of hydrogen-bond donors (Lipinski definition) is 1. The van der Waals surface area contributed by atoms with E-state index in [0.29, 0.717) is 39.6 Å². The summed E-state index contributed by atoms with van der Waals surface area (Å²) in [6, 6.07) is 11.4. The Kier molecular flexibility index (Phi) is 4.97. The van der Waals surface area contributed by atoms with Gasteiger partial charge in [0.25, 0.3) is 5.91 Å². The predicted octanol–water partition coefficient (Wildman–Crippen LogP) is 5.23. The Morgan fingerprint density at radius 3 is 2.58 bits per heavy atom. The highest BCUT2D eigenvalue weighted by Gasteiger charge is 2.33. The summed E-state index contributed by atoms with van der Waals surface area (Å²) in [5.74, 6) is 0.472. The van der Waals surface area contributed by atoms with Gasteiger partial charge in [0.15, 0.2) is 5.65 Å². The lowest BCUT2D eigenvalue weighted by Gasteiger charge is -2.07. The predicted molar refractivity (Wildman–Crippen MR) is 121 cm³/mol. The van der Waals surface area contributed by atoms with Crippen LogP contribution in [0, 0.1) is 6.92 Å². The molecule has 0 aliphatic carbocycles. The highest BCUT2D eigenvalue weighted by Crippen LogP contribution is 2.39. The van der Waals surface area contributed by atoms with Crippen molar-refractivity contribution in [1.29, 1.82) is 0 Å². The van der Waals surface area contributed by atoms with Gasteiger partial charge in [0, 0.05) is 36.9 Å². The fourth-order valence-corrected chi connectivity index (χ4v) is 4.72. The van der Waals surface area contributed by atoms with Gasteiger partial charge in [-0.1, -0.05) is 0 Å². The van der Waals surface area contributed by atoms with Crippen LogP contribution in [0.3, 0.4) is 0 Å². The molecular weight excluding hydrogens is 451 g/mol. The minimum Gasteiger partial charge on any atom is -0.348 e. The normalized spacial score (nSPS) is 12.0. The number of hydrogen-bond acceptors (Lipinski definition) is 4. The molecule has 0 fully saturated rings. The maximum atomic E-state index is 13.2. The first-order valence-electron chi connectivity index (χ1n) is 10.1. The Labute approximate surface area is 190 Å². The first-order chi connectivity index (χ1) is 15.7. The molecule has 0 unspecified atom stereocenters. The summed E-state index contributed by atoms with van der Waals surface area (Å²) in [5.41, 5.74) is 3.37. The maximum absolute atomic E-state index is 13.2.